The number of hydrogen-bond donors (Lipinski definition) is 1. The van der Waals surface area contributed by atoms with Gasteiger partial charge < -0.3 is 18.9 Å². The number of nitrogens with zero attached hydrogens (tertiary/aromatic N) is 6. The molecule has 2 aromatic rings. The molecule has 1 N–H and O–H groups in total. The summed E-state index contributed by atoms with van der Waals surface area (Å²) in [4.78, 5) is 33.7. The molecule has 0 bridgehead atoms. The largest absolute Gasteiger partial charge is 0.491 e. The van der Waals surface area contributed by atoms with E-state index in [0.717, 1.165) is 44.8 Å². The van der Waals surface area contributed by atoms with E-state index < -0.39 is 6.09 Å². The van der Waals surface area contributed by atoms with Crippen molar-refractivity contribution in [2.75, 3.05) is 59.7 Å². The number of guanidine groups is 1. The molecule has 12 heteroatoms. The highest BCUT2D eigenvalue weighted by Crippen LogP contribution is 2.43. The Hall–Kier alpha value is -3.77. The summed E-state index contributed by atoms with van der Waals surface area (Å²) in [6.45, 7) is 6.12. The third kappa shape index (κ3) is 5.17. The average molecular weight is 482 g/mol. The Kier molecular flexibility index (Phi) is 7.00. The number of carbonyl (C=O) groups is 1. The maximum Gasteiger partial charge on any atom is 0.419 e. The number of hydrogen-bond acceptors (Lipinski definition) is 11. The molecule has 3 aliphatic heterocycles. The summed E-state index contributed by atoms with van der Waals surface area (Å²) in [5.74, 6) is 2.32. The number of fused-ring (bicyclic) bond motifs is 3. The van der Waals surface area contributed by atoms with E-state index in [1.54, 1.807) is 7.11 Å². The quantitative estimate of drug-likeness (QED) is 0.585. The molecule has 1 aromatic carbocycles. The predicted molar refractivity (Wildman–Crippen MR) is 127 cm³/mol. The highest BCUT2D eigenvalue weighted by Gasteiger charge is 2.33. The van der Waals surface area contributed by atoms with Crippen molar-refractivity contribution in [1.82, 2.24) is 25.1 Å². The molecule has 4 heterocycles. The molecule has 0 aliphatic carbocycles. The number of rotatable bonds is 7. The number of aromatic nitrogens is 2. The molecule has 1 saturated heterocycles. The van der Waals surface area contributed by atoms with Gasteiger partial charge in [-0.2, -0.15) is 0 Å². The van der Waals surface area contributed by atoms with Gasteiger partial charge in [-0.3, -0.25) is 20.1 Å². The van der Waals surface area contributed by atoms with Crippen LogP contribution in [0.5, 0.6) is 17.2 Å². The molecule has 1 fully saturated rings. The molecule has 5 rings (SSSR count). The first-order valence-corrected chi connectivity index (χ1v) is 11.5. The molecule has 3 aliphatic rings. The van der Waals surface area contributed by atoms with Crippen LogP contribution in [0.25, 0.3) is 0 Å². The zero-order valence-electron chi connectivity index (χ0n) is 19.5. The highest BCUT2D eigenvalue weighted by molar-refractivity contribution is 6.18. The molecular formula is C23H27N7O5. The van der Waals surface area contributed by atoms with Gasteiger partial charge in [0.2, 0.25) is 5.96 Å². The third-order valence-corrected chi connectivity index (χ3v) is 5.80. The van der Waals surface area contributed by atoms with Crippen LogP contribution in [-0.4, -0.2) is 97.3 Å². The minimum Gasteiger partial charge on any atom is -0.491 e. The standard InChI is InChI=1S/C23H27N7O5/c1-32-20-18(34-10-2-6-29-8-11-33-12-9-29)4-3-17-19(20)27-22(30-7-5-26-21(17)30)28-23(31)35-16-13-24-15-25-14-16/h3-4,13-15H,2,5-12H2,1H3,(H,27,28,31). The number of amidine groups is 1. The maximum atomic E-state index is 12.5. The van der Waals surface area contributed by atoms with Gasteiger partial charge in [0.25, 0.3) is 0 Å². The Bertz CT molecular complexity index is 1120. The van der Waals surface area contributed by atoms with Gasteiger partial charge in [-0.15, -0.1) is 0 Å². The molecular weight excluding hydrogens is 454 g/mol. The van der Waals surface area contributed by atoms with E-state index in [-0.39, 0.29) is 5.75 Å². The summed E-state index contributed by atoms with van der Waals surface area (Å²) in [5, 5.41) is 2.71. The molecule has 0 spiro atoms. The van der Waals surface area contributed by atoms with Crippen molar-refractivity contribution in [3.63, 3.8) is 0 Å². The third-order valence-electron chi connectivity index (χ3n) is 5.80. The first-order chi connectivity index (χ1) is 17.2. The zero-order valence-corrected chi connectivity index (χ0v) is 19.5. The van der Waals surface area contributed by atoms with Crippen molar-refractivity contribution in [3.05, 3.63) is 36.4 Å². The van der Waals surface area contributed by atoms with Gasteiger partial charge in [0.05, 0.1) is 45.9 Å². The fourth-order valence-corrected chi connectivity index (χ4v) is 4.16. The molecule has 1 aromatic heterocycles. The number of morpholine rings is 1. The monoisotopic (exact) mass is 481 g/mol. The van der Waals surface area contributed by atoms with Crippen molar-refractivity contribution in [2.45, 2.75) is 6.42 Å². The minimum absolute atomic E-state index is 0.225. The van der Waals surface area contributed by atoms with Crippen molar-refractivity contribution >= 4 is 23.6 Å². The van der Waals surface area contributed by atoms with Crippen LogP contribution in [-0.2, 0) is 4.74 Å². The van der Waals surface area contributed by atoms with Crippen LogP contribution in [0.1, 0.15) is 12.0 Å². The van der Waals surface area contributed by atoms with Crippen LogP contribution in [0.3, 0.4) is 0 Å². The molecule has 0 unspecified atom stereocenters. The lowest BCUT2D eigenvalue weighted by Crippen LogP contribution is -2.48. The second kappa shape index (κ2) is 10.7. The number of nitrogens with one attached hydrogen (secondary N) is 1. The second-order valence-corrected chi connectivity index (χ2v) is 8.03. The van der Waals surface area contributed by atoms with Crippen LogP contribution < -0.4 is 19.5 Å². The Balaban J connectivity index is 1.32. The molecule has 0 atom stereocenters. The van der Waals surface area contributed by atoms with E-state index in [0.29, 0.717) is 48.7 Å². The van der Waals surface area contributed by atoms with Crippen LogP contribution in [0.15, 0.2) is 40.8 Å². The number of methoxy groups -OCH3 is 1. The molecule has 35 heavy (non-hydrogen) atoms. The topological polar surface area (TPSA) is 123 Å². The summed E-state index contributed by atoms with van der Waals surface area (Å²) < 4.78 is 22.4. The first-order valence-electron chi connectivity index (χ1n) is 11.5. The van der Waals surface area contributed by atoms with Crippen LogP contribution >= 0.6 is 0 Å². The van der Waals surface area contributed by atoms with E-state index in [9.17, 15) is 4.79 Å². The van der Waals surface area contributed by atoms with Gasteiger partial charge in [0.1, 0.15) is 17.9 Å². The normalized spacial score (nSPS) is 17.1. The maximum absolute atomic E-state index is 12.5. The van der Waals surface area contributed by atoms with Gasteiger partial charge in [-0.1, -0.05) is 0 Å². The van der Waals surface area contributed by atoms with Gasteiger partial charge in [-0.05, 0) is 18.6 Å². The van der Waals surface area contributed by atoms with Crippen LogP contribution in [0.4, 0.5) is 10.5 Å². The lowest BCUT2D eigenvalue weighted by atomic mass is 10.1. The number of benzene rings is 1. The first kappa shape index (κ1) is 23.0. The van der Waals surface area contributed by atoms with E-state index in [1.165, 1.54) is 18.7 Å². The van der Waals surface area contributed by atoms with Gasteiger partial charge in [-0.25, -0.2) is 19.8 Å². The number of amides is 1. The Morgan fingerprint density at radius 2 is 2.00 bits per heavy atom. The van der Waals surface area contributed by atoms with E-state index >= 15 is 0 Å². The van der Waals surface area contributed by atoms with Crippen molar-refractivity contribution in [1.29, 1.82) is 0 Å². The number of ether oxygens (including phenoxy) is 4. The molecule has 12 nitrogen and oxygen atoms in total. The highest BCUT2D eigenvalue weighted by atomic mass is 16.6. The van der Waals surface area contributed by atoms with Crippen molar-refractivity contribution in [2.24, 2.45) is 9.98 Å². The van der Waals surface area contributed by atoms with Gasteiger partial charge in [0.15, 0.2) is 17.2 Å². The smallest absolute Gasteiger partial charge is 0.419 e. The Labute approximate surface area is 202 Å². The van der Waals surface area contributed by atoms with Gasteiger partial charge >= 0.3 is 6.09 Å². The molecule has 0 saturated carbocycles. The fourth-order valence-electron chi connectivity index (χ4n) is 4.16. The summed E-state index contributed by atoms with van der Waals surface area (Å²) in [5.41, 5.74) is 1.36. The van der Waals surface area contributed by atoms with Crippen LogP contribution in [0.2, 0.25) is 0 Å². The summed E-state index contributed by atoms with van der Waals surface area (Å²) in [7, 11) is 1.57. The predicted octanol–water partition coefficient (Wildman–Crippen LogP) is 1.44. The Morgan fingerprint density at radius 3 is 2.80 bits per heavy atom. The molecule has 1 amide bonds. The molecule has 184 valence electrons. The summed E-state index contributed by atoms with van der Waals surface area (Å²) in [6, 6.07) is 3.80. The minimum atomic E-state index is -0.706. The fraction of sp³-hybridized carbons (Fsp3) is 0.435. The summed E-state index contributed by atoms with van der Waals surface area (Å²) in [6.07, 6.45) is 4.33. The Morgan fingerprint density at radius 1 is 1.17 bits per heavy atom. The zero-order chi connectivity index (χ0) is 24.0. The van der Waals surface area contributed by atoms with E-state index in [4.69, 9.17) is 23.9 Å². The van der Waals surface area contributed by atoms with E-state index in [1.807, 2.05) is 17.0 Å². The van der Waals surface area contributed by atoms with Crippen molar-refractivity contribution in [3.8, 4) is 17.2 Å². The van der Waals surface area contributed by atoms with Crippen LogP contribution in [0, 0.1) is 0 Å². The van der Waals surface area contributed by atoms with Crippen molar-refractivity contribution < 1.29 is 23.7 Å². The SMILES string of the molecule is COc1c(OCCCN2CCOCC2)ccc2c1N=C(NC(=O)Oc1cncnc1)N1CCN=C21. The molecule has 0 radical (unpaired) electrons. The summed E-state index contributed by atoms with van der Waals surface area (Å²) >= 11 is 0. The lowest BCUT2D eigenvalue weighted by molar-refractivity contribution is 0.0357. The van der Waals surface area contributed by atoms with E-state index in [2.05, 4.69) is 25.2 Å². The number of aliphatic imine (C=N–C) groups is 2. The number of carbonyl (C=O) groups excluding carboxylic acids is 1. The van der Waals surface area contributed by atoms with Gasteiger partial charge in [0, 0.05) is 31.7 Å². The second-order valence-electron chi connectivity index (χ2n) is 8.03. The average Bonchev–Trinajstić information content (AvgIpc) is 3.38. The lowest BCUT2D eigenvalue weighted by Gasteiger charge is -2.28.